The zero-order valence-corrected chi connectivity index (χ0v) is 13.2. The molecule has 0 aliphatic carbocycles. The molecule has 4 N–H and O–H groups in total. The zero-order valence-electron chi connectivity index (χ0n) is 13.2. The van der Waals surface area contributed by atoms with Crippen molar-refractivity contribution >= 4 is 28.5 Å². The molecule has 24 heavy (non-hydrogen) atoms. The summed E-state index contributed by atoms with van der Waals surface area (Å²) in [6.07, 6.45) is 1.83. The molecule has 0 atom stereocenters. The molecule has 0 spiro atoms. The van der Waals surface area contributed by atoms with Crippen molar-refractivity contribution in [2.45, 2.75) is 6.54 Å². The molecule has 6 heteroatoms. The highest BCUT2D eigenvalue weighted by atomic mass is 16.2. The Kier molecular flexibility index (Phi) is 4.20. The number of aryl methyl sites for hydroxylation is 1. The maximum atomic E-state index is 12.5. The van der Waals surface area contributed by atoms with E-state index in [1.165, 1.54) is 0 Å². The average molecular weight is 322 g/mol. The predicted octanol–water partition coefficient (Wildman–Crippen LogP) is 2.60. The summed E-state index contributed by atoms with van der Waals surface area (Å²) in [7, 11) is 1.92. The normalized spacial score (nSPS) is 10.5. The van der Waals surface area contributed by atoms with Crippen LogP contribution >= 0.6 is 0 Å². The van der Waals surface area contributed by atoms with Gasteiger partial charge in [-0.25, -0.2) is 4.79 Å². The van der Waals surface area contributed by atoms with Crippen LogP contribution in [0.1, 0.15) is 15.9 Å². The molecular formula is C18H18N4O2. The van der Waals surface area contributed by atoms with Gasteiger partial charge in [-0.15, -0.1) is 0 Å². The first-order chi connectivity index (χ1) is 11.5. The van der Waals surface area contributed by atoms with Gasteiger partial charge in [0.1, 0.15) is 0 Å². The highest BCUT2D eigenvalue weighted by Crippen LogP contribution is 2.20. The SMILES string of the molecule is Cn1cc(C(=O)NCc2ccc(NC(N)=O)cc2)c2ccccc21. The second kappa shape index (κ2) is 6.45. The number of benzene rings is 2. The number of nitrogens with one attached hydrogen (secondary N) is 2. The van der Waals surface area contributed by atoms with Crippen molar-refractivity contribution in [3.8, 4) is 0 Å². The number of primary amides is 1. The summed E-state index contributed by atoms with van der Waals surface area (Å²) in [4.78, 5) is 23.2. The van der Waals surface area contributed by atoms with Crippen molar-refractivity contribution < 1.29 is 9.59 Å². The van der Waals surface area contributed by atoms with Crippen LogP contribution in [0.5, 0.6) is 0 Å². The number of anilines is 1. The van der Waals surface area contributed by atoms with E-state index < -0.39 is 6.03 Å². The molecule has 6 nitrogen and oxygen atoms in total. The molecule has 3 amide bonds. The van der Waals surface area contributed by atoms with Crippen molar-refractivity contribution in [3.05, 3.63) is 65.9 Å². The largest absolute Gasteiger partial charge is 0.351 e. The number of nitrogens with two attached hydrogens (primary N) is 1. The van der Waals surface area contributed by atoms with Gasteiger partial charge in [0.05, 0.1) is 5.56 Å². The lowest BCUT2D eigenvalue weighted by Crippen LogP contribution is -2.22. The summed E-state index contributed by atoms with van der Waals surface area (Å²) >= 11 is 0. The molecule has 2 aromatic carbocycles. The first-order valence-electron chi connectivity index (χ1n) is 7.52. The maximum Gasteiger partial charge on any atom is 0.316 e. The van der Waals surface area contributed by atoms with E-state index in [9.17, 15) is 9.59 Å². The molecule has 0 bridgehead atoms. The minimum absolute atomic E-state index is 0.119. The van der Waals surface area contributed by atoms with Gasteiger partial charge in [-0.3, -0.25) is 4.79 Å². The lowest BCUT2D eigenvalue weighted by Gasteiger charge is -2.06. The maximum absolute atomic E-state index is 12.5. The van der Waals surface area contributed by atoms with Crippen LogP contribution in [0, 0.1) is 0 Å². The minimum Gasteiger partial charge on any atom is -0.351 e. The fraction of sp³-hybridized carbons (Fsp3) is 0.111. The van der Waals surface area contributed by atoms with Crippen LogP contribution in [-0.4, -0.2) is 16.5 Å². The van der Waals surface area contributed by atoms with Gasteiger partial charge >= 0.3 is 6.03 Å². The second-order valence-corrected chi connectivity index (χ2v) is 5.54. The number of carbonyl (C=O) groups is 2. The third-order valence-corrected chi connectivity index (χ3v) is 3.82. The van der Waals surface area contributed by atoms with Gasteiger partial charge in [0.25, 0.3) is 5.91 Å². The first kappa shape index (κ1) is 15.6. The summed E-state index contributed by atoms with van der Waals surface area (Å²) in [5.74, 6) is -0.119. The smallest absolute Gasteiger partial charge is 0.316 e. The van der Waals surface area contributed by atoms with Crippen LogP contribution < -0.4 is 16.4 Å². The van der Waals surface area contributed by atoms with Gasteiger partial charge in [0, 0.05) is 36.4 Å². The van der Waals surface area contributed by atoms with Gasteiger partial charge in [-0.05, 0) is 23.8 Å². The molecule has 0 aliphatic heterocycles. The summed E-state index contributed by atoms with van der Waals surface area (Å²) in [5.41, 5.74) is 8.28. The molecule has 3 rings (SSSR count). The van der Waals surface area contributed by atoms with Gasteiger partial charge in [0.2, 0.25) is 0 Å². The lowest BCUT2D eigenvalue weighted by atomic mass is 10.1. The van der Waals surface area contributed by atoms with Crippen LogP contribution in [0.15, 0.2) is 54.7 Å². The molecule has 0 aliphatic rings. The minimum atomic E-state index is -0.605. The number of rotatable bonds is 4. The molecule has 1 aromatic heterocycles. The van der Waals surface area contributed by atoms with Crippen molar-refractivity contribution in [2.24, 2.45) is 12.8 Å². The predicted molar refractivity (Wildman–Crippen MR) is 93.7 cm³/mol. The Hall–Kier alpha value is -3.28. The first-order valence-corrected chi connectivity index (χ1v) is 7.52. The van der Waals surface area contributed by atoms with E-state index in [1.807, 2.05) is 54.2 Å². The number of nitrogens with zero attached hydrogens (tertiary/aromatic N) is 1. The number of hydrogen-bond acceptors (Lipinski definition) is 2. The van der Waals surface area contributed by atoms with Crippen LogP contribution in [-0.2, 0) is 13.6 Å². The number of fused-ring (bicyclic) bond motifs is 1. The third kappa shape index (κ3) is 3.22. The lowest BCUT2D eigenvalue weighted by molar-refractivity contribution is 0.0952. The fourth-order valence-electron chi connectivity index (χ4n) is 2.65. The van der Waals surface area contributed by atoms with E-state index in [2.05, 4.69) is 10.6 Å². The Morgan fingerprint density at radius 1 is 1.08 bits per heavy atom. The highest BCUT2D eigenvalue weighted by molar-refractivity contribution is 6.06. The number of aromatic nitrogens is 1. The zero-order chi connectivity index (χ0) is 17.1. The van der Waals surface area contributed by atoms with Gasteiger partial charge in [0.15, 0.2) is 0 Å². The van der Waals surface area contributed by atoms with Gasteiger partial charge in [-0.2, -0.15) is 0 Å². The van der Waals surface area contributed by atoms with Crippen LogP contribution in [0.2, 0.25) is 0 Å². The van der Waals surface area contributed by atoms with Crippen LogP contribution in [0.25, 0.3) is 10.9 Å². The van der Waals surface area contributed by atoms with Crippen LogP contribution in [0.3, 0.4) is 0 Å². The number of amides is 3. The second-order valence-electron chi connectivity index (χ2n) is 5.54. The number of para-hydroxylation sites is 1. The van der Waals surface area contributed by atoms with Crippen molar-refractivity contribution in [3.63, 3.8) is 0 Å². The molecule has 0 radical (unpaired) electrons. The summed E-state index contributed by atoms with van der Waals surface area (Å²) in [6, 6.07) is 14.3. The van der Waals surface area contributed by atoms with Gasteiger partial charge in [-0.1, -0.05) is 30.3 Å². The van der Waals surface area contributed by atoms with E-state index in [0.29, 0.717) is 17.8 Å². The van der Waals surface area contributed by atoms with Crippen molar-refractivity contribution in [2.75, 3.05) is 5.32 Å². The number of urea groups is 1. The average Bonchev–Trinajstić information content (AvgIpc) is 2.91. The summed E-state index contributed by atoms with van der Waals surface area (Å²) in [5, 5.41) is 6.34. The molecule has 0 fully saturated rings. The van der Waals surface area contributed by atoms with Crippen molar-refractivity contribution in [1.29, 1.82) is 0 Å². The van der Waals surface area contributed by atoms with E-state index >= 15 is 0 Å². The Labute approximate surface area is 139 Å². The van der Waals surface area contributed by atoms with Crippen molar-refractivity contribution in [1.82, 2.24) is 9.88 Å². The molecule has 0 saturated carbocycles. The molecule has 3 aromatic rings. The Balaban J connectivity index is 1.70. The topological polar surface area (TPSA) is 89.2 Å². The Bertz CT molecular complexity index is 897. The molecule has 0 saturated heterocycles. The third-order valence-electron chi connectivity index (χ3n) is 3.82. The molecule has 122 valence electrons. The standard InChI is InChI=1S/C18H18N4O2/c1-22-11-15(14-4-2-3-5-16(14)22)17(23)20-10-12-6-8-13(9-7-12)21-18(19)24/h2-9,11H,10H2,1H3,(H,20,23)(H3,19,21,24). The fourth-order valence-corrected chi connectivity index (χ4v) is 2.65. The summed E-state index contributed by atoms with van der Waals surface area (Å²) < 4.78 is 1.94. The van der Waals surface area contributed by atoms with Crippen LogP contribution in [0.4, 0.5) is 10.5 Å². The van der Waals surface area contributed by atoms with Gasteiger partial charge < -0.3 is 20.9 Å². The molecule has 0 unspecified atom stereocenters. The Morgan fingerprint density at radius 3 is 2.50 bits per heavy atom. The molecular weight excluding hydrogens is 304 g/mol. The summed E-state index contributed by atoms with van der Waals surface area (Å²) in [6.45, 7) is 0.402. The van der Waals surface area contributed by atoms with E-state index in [0.717, 1.165) is 16.5 Å². The van der Waals surface area contributed by atoms with E-state index in [-0.39, 0.29) is 5.91 Å². The van der Waals surface area contributed by atoms with E-state index in [1.54, 1.807) is 12.1 Å². The number of hydrogen-bond donors (Lipinski definition) is 3. The number of carbonyl (C=O) groups excluding carboxylic acids is 2. The quantitative estimate of drug-likeness (QED) is 0.689. The Morgan fingerprint density at radius 2 is 1.79 bits per heavy atom. The molecule has 1 heterocycles. The van der Waals surface area contributed by atoms with E-state index in [4.69, 9.17) is 5.73 Å². The highest BCUT2D eigenvalue weighted by Gasteiger charge is 2.13. The monoisotopic (exact) mass is 322 g/mol.